The molecule has 0 spiro atoms. The maximum Gasteiger partial charge on any atom is 0.249 e. The van der Waals surface area contributed by atoms with Crippen LogP contribution in [0.15, 0.2) is 24.3 Å². The fourth-order valence-corrected chi connectivity index (χ4v) is 3.16. The number of rotatable bonds is 5. The molecule has 2 heterocycles. The zero-order valence-electron chi connectivity index (χ0n) is 12.6. The van der Waals surface area contributed by atoms with E-state index in [0.717, 1.165) is 42.9 Å². The lowest BCUT2D eigenvalue weighted by atomic mass is 10.2. The summed E-state index contributed by atoms with van der Waals surface area (Å²) in [7, 11) is 0. The fourth-order valence-electron chi connectivity index (χ4n) is 3.16. The minimum atomic E-state index is 0.0597. The molecule has 1 saturated carbocycles. The Morgan fingerprint density at radius 3 is 3.00 bits per heavy atom. The van der Waals surface area contributed by atoms with E-state index in [-0.39, 0.29) is 18.6 Å². The molecule has 2 fully saturated rings. The van der Waals surface area contributed by atoms with E-state index in [1.165, 1.54) is 12.8 Å². The molecule has 1 aromatic carbocycles. The largest absolute Gasteiger partial charge is 0.371 e. The molecule has 1 amide bonds. The highest BCUT2D eigenvalue weighted by Crippen LogP contribution is 2.32. The zero-order chi connectivity index (χ0) is 14.9. The van der Waals surface area contributed by atoms with Crippen molar-refractivity contribution < 1.29 is 9.53 Å². The number of nitrogens with zero attached hydrogens (tertiary/aromatic N) is 2. The Bertz CT molecular complexity index is 644. The molecule has 5 nitrogen and oxygen atoms in total. The minimum absolute atomic E-state index is 0.0597. The molecule has 116 valence electrons. The highest BCUT2D eigenvalue weighted by molar-refractivity contribution is 5.79. The summed E-state index contributed by atoms with van der Waals surface area (Å²) < 4.78 is 5.55. The van der Waals surface area contributed by atoms with Gasteiger partial charge in [0.15, 0.2) is 0 Å². The highest BCUT2D eigenvalue weighted by Gasteiger charge is 2.32. The van der Waals surface area contributed by atoms with Gasteiger partial charge in [0.2, 0.25) is 5.91 Å². The van der Waals surface area contributed by atoms with Crippen LogP contribution in [0.2, 0.25) is 0 Å². The van der Waals surface area contributed by atoms with Crippen molar-refractivity contribution >= 4 is 16.9 Å². The number of benzene rings is 1. The first-order chi connectivity index (χ1) is 10.8. The van der Waals surface area contributed by atoms with E-state index in [2.05, 4.69) is 9.97 Å². The third-order valence-electron chi connectivity index (χ3n) is 4.57. The number of imidazole rings is 1. The first-order valence-electron chi connectivity index (χ1n) is 8.13. The zero-order valence-corrected chi connectivity index (χ0v) is 12.6. The number of fused-ring (bicyclic) bond motifs is 1. The SMILES string of the molecule is O=C(COCC1CC1)N1CCCC1c1nc2ccccc2[nH]1. The molecule has 1 atom stereocenters. The fraction of sp³-hybridized carbons (Fsp3) is 0.529. The molecule has 1 unspecified atom stereocenters. The Morgan fingerprint density at radius 2 is 2.18 bits per heavy atom. The standard InChI is InChI=1S/C17H21N3O2/c21-16(11-22-10-12-7-8-12)20-9-3-6-15(20)17-18-13-4-1-2-5-14(13)19-17/h1-2,4-5,12,15H,3,6-11H2,(H,18,19). The monoisotopic (exact) mass is 299 g/mol. The molecule has 2 aromatic rings. The minimum Gasteiger partial charge on any atom is -0.371 e. The van der Waals surface area contributed by atoms with Crippen molar-refractivity contribution in [2.75, 3.05) is 19.8 Å². The summed E-state index contributed by atoms with van der Waals surface area (Å²) in [6.45, 7) is 1.73. The normalized spacial score (nSPS) is 21.6. The maximum atomic E-state index is 12.4. The number of para-hydroxylation sites is 2. The van der Waals surface area contributed by atoms with Gasteiger partial charge in [-0.15, -0.1) is 0 Å². The van der Waals surface area contributed by atoms with Crippen molar-refractivity contribution in [1.29, 1.82) is 0 Å². The van der Waals surface area contributed by atoms with Crippen LogP contribution in [0.1, 0.15) is 37.5 Å². The second-order valence-electron chi connectivity index (χ2n) is 6.34. The van der Waals surface area contributed by atoms with Gasteiger partial charge in [-0.3, -0.25) is 4.79 Å². The Morgan fingerprint density at radius 1 is 1.32 bits per heavy atom. The van der Waals surface area contributed by atoms with Crippen LogP contribution < -0.4 is 0 Å². The lowest BCUT2D eigenvalue weighted by Crippen LogP contribution is -2.34. The quantitative estimate of drug-likeness (QED) is 0.923. The summed E-state index contributed by atoms with van der Waals surface area (Å²) in [6, 6.07) is 8.05. The van der Waals surface area contributed by atoms with Crippen LogP contribution in [-0.4, -0.2) is 40.5 Å². The number of hydrogen-bond donors (Lipinski definition) is 1. The van der Waals surface area contributed by atoms with E-state index < -0.39 is 0 Å². The number of ether oxygens (including phenoxy) is 1. The van der Waals surface area contributed by atoms with Crippen LogP contribution in [0.25, 0.3) is 11.0 Å². The number of likely N-dealkylation sites (tertiary alicyclic amines) is 1. The van der Waals surface area contributed by atoms with Gasteiger partial charge in [-0.1, -0.05) is 12.1 Å². The van der Waals surface area contributed by atoms with E-state index >= 15 is 0 Å². The predicted octanol–water partition coefficient (Wildman–Crippen LogP) is 2.65. The van der Waals surface area contributed by atoms with Crippen LogP contribution in [-0.2, 0) is 9.53 Å². The summed E-state index contributed by atoms with van der Waals surface area (Å²) in [4.78, 5) is 22.3. The molecule has 2 aliphatic rings. The molecule has 1 N–H and O–H groups in total. The second kappa shape index (κ2) is 5.72. The van der Waals surface area contributed by atoms with Gasteiger partial charge in [0.1, 0.15) is 12.4 Å². The Kier molecular flexibility index (Phi) is 3.58. The van der Waals surface area contributed by atoms with Gasteiger partial charge < -0.3 is 14.6 Å². The lowest BCUT2D eigenvalue weighted by molar-refractivity contribution is -0.137. The van der Waals surface area contributed by atoms with Crippen molar-refractivity contribution in [2.45, 2.75) is 31.7 Å². The third-order valence-corrected chi connectivity index (χ3v) is 4.57. The molecule has 1 aliphatic carbocycles. The van der Waals surface area contributed by atoms with Crippen molar-refractivity contribution in [3.63, 3.8) is 0 Å². The summed E-state index contributed by atoms with van der Waals surface area (Å²) in [5.74, 6) is 1.68. The molecule has 4 rings (SSSR count). The van der Waals surface area contributed by atoms with Crippen LogP contribution in [0, 0.1) is 5.92 Å². The van der Waals surface area contributed by atoms with Crippen LogP contribution in [0.3, 0.4) is 0 Å². The highest BCUT2D eigenvalue weighted by atomic mass is 16.5. The summed E-state index contributed by atoms with van der Waals surface area (Å²) in [5, 5.41) is 0. The van der Waals surface area contributed by atoms with Crippen molar-refractivity contribution in [2.24, 2.45) is 5.92 Å². The summed E-state index contributed by atoms with van der Waals surface area (Å²) >= 11 is 0. The van der Waals surface area contributed by atoms with Crippen molar-refractivity contribution in [1.82, 2.24) is 14.9 Å². The van der Waals surface area contributed by atoms with E-state index in [1.807, 2.05) is 29.2 Å². The predicted molar refractivity (Wildman–Crippen MR) is 83.3 cm³/mol. The first kappa shape index (κ1) is 13.8. The number of nitrogens with one attached hydrogen (secondary N) is 1. The first-order valence-corrected chi connectivity index (χ1v) is 8.13. The lowest BCUT2D eigenvalue weighted by Gasteiger charge is -2.23. The molecule has 0 radical (unpaired) electrons. The average molecular weight is 299 g/mol. The number of hydrogen-bond acceptors (Lipinski definition) is 3. The number of amides is 1. The molecule has 1 aliphatic heterocycles. The summed E-state index contributed by atoms with van der Waals surface area (Å²) in [5.41, 5.74) is 1.99. The Labute approximate surface area is 129 Å². The average Bonchev–Trinajstić information content (AvgIpc) is 3.06. The van der Waals surface area contributed by atoms with Crippen molar-refractivity contribution in [3.8, 4) is 0 Å². The number of aromatic nitrogens is 2. The van der Waals surface area contributed by atoms with Gasteiger partial charge in [-0.05, 0) is 43.7 Å². The third kappa shape index (κ3) is 2.73. The summed E-state index contributed by atoms with van der Waals surface area (Å²) in [6.07, 6.45) is 4.49. The molecule has 5 heteroatoms. The molecule has 1 aromatic heterocycles. The van der Waals surface area contributed by atoms with Gasteiger partial charge in [0.05, 0.1) is 23.7 Å². The number of H-pyrrole nitrogens is 1. The van der Waals surface area contributed by atoms with Gasteiger partial charge in [0, 0.05) is 6.54 Å². The van der Waals surface area contributed by atoms with E-state index in [9.17, 15) is 4.79 Å². The molecular weight excluding hydrogens is 278 g/mol. The van der Waals surface area contributed by atoms with Gasteiger partial charge in [-0.25, -0.2) is 4.98 Å². The van der Waals surface area contributed by atoms with Crippen molar-refractivity contribution in [3.05, 3.63) is 30.1 Å². The number of carbonyl (C=O) groups is 1. The smallest absolute Gasteiger partial charge is 0.249 e. The Balaban J connectivity index is 1.46. The van der Waals surface area contributed by atoms with Crippen LogP contribution >= 0.6 is 0 Å². The van der Waals surface area contributed by atoms with Crippen LogP contribution in [0.5, 0.6) is 0 Å². The van der Waals surface area contributed by atoms with Gasteiger partial charge in [0.25, 0.3) is 0 Å². The molecular formula is C17H21N3O2. The maximum absolute atomic E-state index is 12.4. The van der Waals surface area contributed by atoms with Gasteiger partial charge >= 0.3 is 0 Å². The van der Waals surface area contributed by atoms with E-state index in [4.69, 9.17) is 4.74 Å². The molecule has 1 saturated heterocycles. The second-order valence-corrected chi connectivity index (χ2v) is 6.34. The Hall–Kier alpha value is -1.88. The van der Waals surface area contributed by atoms with E-state index in [1.54, 1.807) is 0 Å². The number of aromatic amines is 1. The number of carbonyl (C=O) groups excluding carboxylic acids is 1. The van der Waals surface area contributed by atoms with Gasteiger partial charge in [-0.2, -0.15) is 0 Å². The van der Waals surface area contributed by atoms with Crippen LogP contribution in [0.4, 0.5) is 0 Å². The van der Waals surface area contributed by atoms with E-state index in [0.29, 0.717) is 5.92 Å². The molecule has 0 bridgehead atoms. The topological polar surface area (TPSA) is 58.2 Å². The molecule has 22 heavy (non-hydrogen) atoms.